The number of carboxylic acids is 2. The molecule has 47 heavy (non-hydrogen) atoms. The van der Waals surface area contributed by atoms with Crippen molar-refractivity contribution >= 4 is 75.7 Å². The number of carboxylic acid groups (broad SMARTS) is 2. The molecule has 1 fully saturated rings. The quantitative estimate of drug-likeness (QED) is 0.0554. The highest BCUT2D eigenvalue weighted by molar-refractivity contribution is 8.01. The zero-order valence-electron chi connectivity index (χ0n) is 25.4. The molecule has 0 aliphatic carbocycles. The molecule has 0 spiro atoms. The minimum absolute atomic E-state index is 0.00591. The number of aliphatic carboxylic acids is 2. The Kier molecular flexibility index (Phi) is 11.2. The lowest BCUT2D eigenvalue weighted by Crippen LogP contribution is -2.71. The molecule has 1 saturated heterocycles. The number of rotatable bonds is 14. The average molecular weight is 714 g/mol. The third-order valence-corrected chi connectivity index (χ3v) is 9.07. The van der Waals surface area contributed by atoms with Gasteiger partial charge in [-0.25, -0.2) is 19.1 Å². The molecule has 0 radical (unpaired) electrons. The van der Waals surface area contributed by atoms with E-state index in [-0.39, 0.29) is 28.2 Å². The molecule has 0 aromatic carbocycles. The van der Waals surface area contributed by atoms with Crippen LogP contribution in [0.15, 0.2) is 21.6 Å². The van der Waals surface area contributed by atoms with Gasteiger partial charge in [-0.1, -0.05) is 16.9 Å². The summed E-state index contributed by atoms with van der Waals surface area (Å²) in [6.07, 6.45) is -1.45. The van der Waals surface area contributed by atoms with Crippen molar-refractivity contribution in [3.63, 3.8) is 0 Å². The van der Waals surface area contributed by atoms with Crippen molar-refractivity contribution in [1.82, 2.24) is 45.1 Å². The van der Waals surface area contributed by atoms with Crippen LogP contribution >= 0.6 is 35.1 Å². The summed E-state index contributed by atoms with van der Waals surface area (Å²) in [5.74, 6) is -4.15. The van der Waals surface area contributed by atoms with E-state index in [0.717, 1.165) is 16.4 Å². The molecule has 2 unspecified atom stereocenters. The number of amides is 3. The van der Waals surface area contributed by atoms with Crippen LogP contribution in [0.1, 0.15) is 39.9 Å². The highest BCUT2D eigenvalue weighted by Crippen LogP contribution is 2.41. The first-order valence-corrected chi connectivity index (χ1v) is 16.6. The molecule has 2 aromatic rings. The minimum atomic E-state index is -1.41. The zero-order chi connectivity index (χ0) is 34.5. The number of alkyl carbamates (subject to hydrolysis) is 1. The van der Waals surface area contributed by atoms with E-state index in [9.17, 15) is 29.1 Å². The Balaban J connectivity index is 1.39. The molecule has 0 saturated carbocycles. The minimum Gasteiger partial charge on any atom is -0.478 e. The maximum atomic E-state index is 13.2. The van der Waals surface area contributed by atoms with Gasteiger partial charge in [0.2, 0.25) is 22.8 Å². The summed E-state index contributed by atoms with van der Waals surface area (Å²) in [4.78, 5) is 71.5. The number of nitrogens with two attached hydrogens (primary N) is 1. The number of nitrogens with zero attached hydrogens (tertiary/aromatic N) is 8. The number of nitrogen functional groups attached to an aromatic ring is 1. The predicted octanol–water partition coefficient (Wildman–Crippen LogP) is -0.254. The number of aryl methyl sites for hydroxylation is 1. The van der Waals surface area contributed by atoms with Crippen LogP contribution < -0.4 is 16.4 Å². The molecule has 6 N–H and O–H groups in total. The summed E-state index contributed by atoms with van der Waals surface area (Å²) in [5, 5.41) is 39.1. The molecule has 2 aliphatic heterocycles. The fourth-order valence-corrected chi connectivity index (χ4v) is 6.84. The smallest absolute Gasteiger partial charge is 0.407 e. The number of hydrogen-bond donors (Lipinski definition) is 5. The van der Waals surface area contributed by atoms with Crippen LogP contribution in [0.5, 0.6) is 0 Å². The third kappa shape index (κ3) is 8.85. The van der Waals surface area contributed by atoms with E-state index in [1.54, 1.807) is 20.8 Å². The Morgan fingerprint density at radius 2 is 2.00 bits per heavy atom. The lowest BCUT2D eigenvalue weighted by atomic mass is 10.0. The number of nitrogens with one attached hydrogen (secondary N) is 2. The largest absolute Gasteiger partial charge is 0.478 e. The molecule has 20 nitrogen and oxygen atoms in total. The van der Waals surface area contributed by atoms with E-state index in [0.29, 0.717) is 30.2 Å². The van der Waals surface area contributed by atoms with Crippen molar-refractivity contribution in [2.45, 2.75) is 68.9 Å². The molecule has 23 heteroatoms. The van der Waals surface area contributed by atoms with Crippen LogP contribution in [0.2, 0.25) is 0 Å². The van der Waals surface area contributed by atoms with Gasteiger partial charge in [0, 0.05) is 36.1 Å². The highest BCUT2D eigenvalue weighted by atomic mass is 32.2. The van der Waals surface area contributed by atoms with Gasteiger partial charge in [0.25, 0.3) is 11.8 Å². The van der Waals surface area contributed by atoms with E-state index < -0.39 is 58.7 Å². The molecule has 0 bridgehead atoms. The molecule has 2 aromatic heterocycles. The van der Waals surface area contributed by atoms with Gasteiger partial charge in [-0.05, 0) is 50.1 Å². The number of thioether (sulfide) groups is 2. The summed E-state index contributed by atoms with van der Waals surface area (Å²) in [6.45, 7) is 7.16. The Bertz CT molecular complexity index is 1600. The van der Waals surface area contributed by atoms with Gasteiger partial charge in [-0.2, -0.15) is 9.36 Å². The van der Waals surface area contributed by atoms with Crippen molar-refractivity contribution in [2.75, 3.05) is 23.8 Å². The van der Waals surface area contributed by atoms with Gasteiger partial charge in [-0.15, -0.1) is 16.9 Å². The van der Waals surface area contributed by atoms with E-state index in [4.69, 9.17) is 20.4 Å². The molecular formula is C24H31N11O9S3. The number of β-lactam (4-membered cyclic amide) rings is 1. The average Bonchev–Trinajstić information content (AvgIpc) is 3.63. The first-order chi connectivity index (χ1) is 22.2. The van der Waals surface area contributed by atoms with Gasteiger partial charge in [0.05, 0.1) is 0 Å². The van der Waals surface area contributed by atoms with Crippen molar-refractivity contribution in [2.24, 2.45) is 5.16 Å². The second kappa shape index (κ2) is 14.9. The highest BCUT2D eigenvalue weighted by Gasteiger charge is 2.54. The van der Waals surface area contributed by atoms with Crippen LogP contribution in [0.4, 0.5) is 9.93 Å². The predicted molar refractivity (Wildman–Crippen MR) is 166 cm³/mol. The van der Waals surface area contributed by atoms with Crippen LogP contribution in [-0.2, 0) is 35.3 Å². The number of aromatic nitrogens is 6. The maximum absolute atomic E-state index is 13.2. The first kappa shape index (κ1) is 35.3. The Morgan fingerprint density at radius 3 is 2.64 bits per heavy atom. The van der Waals surface area contributed by atoms with Crippen molar-refractivity contribution < 1.29 is 43.8 Å². The fraction of sp³-hybridized carbons (Fsp3) is 0.542. The number of carbonyl (C=O) groups excluding carboxylic acids is 3. The number of fused-ring (bicyclic) bond motifs is 1. The van der Waals surface area contributed by atoms with Crippen LogP contribution in [0.25, 0.3) is 0 Å². The van der Waals surface area contributed by atoms with Gasteiger partial charge in [0.1, 0.15) is 22.7 Å². The number of tetrazole rings is 1. The molecule has 4 rings (SSSR count). The molecule has 2 aliphatic rings. The fourth-order valence-electron chi connectivity index (χ4n) is 4.02. The summed E-state index contributed by atoms with van der Waals surface area (Å²) in [5.41, 5.74) is 4.72. The molecule has 3 amide bonds. The topological polar surface area (TPSA) is 279 Å². The maximum Gasteiger partial charge on any atom is 0.407 e. The van der Waals surface area contributed by atoms with Gasteiger partial charge < -0.3 is 36.2 Å². The SMILES string of the molecule is CC(O/N=C(\C(=O)NC1C(=O)N2C(C(=O)O)=C(CSc3nnnn3CCCNC(=O)OC(C)(C)C)CS[C@H]12)c1nsc(N)n1)C(=O)O. The van der Waals surface area contributed by atoms with E-state index >= 15 is 0 Å². The Labute approximate surface area is 279 Å². The normalized spacial score (nSPS) is 18.6. The number of carbonyl (C=O) groups is 5. The van der Waals surface area contributed by atoms with Crippen LogP contribution in [0.3, 0.4) is 0 Å². The number of oxime groups is 1. The van der Waals surface area contributed by atoms with Gasteiger partial charge in [-0.3, -0.25) is 14.5 Å². The van der Waals surface area contributed by atoms with E-state index in [1.807, 2.05) is 0 Å². The second-order valence-corrected chi connectivity index (χ2v) is 13.7. The Hall–Kier alpha value is -4.51. The number of anilines is 1. The standard InChI is InChI=1S/C24H31N11O9S3/c1-10(19(38)39)44-30-12(15-28-21(25)47-31-15)16(36)27-13-17(37)35-14(20(40)41)11(8-45-18(13)35)9-46-22-29-32-33-34(22)7-5-6-26-23(42)43-24(2,3)4/h10,13,18H,5-9H2,1-4H3,(H,26,42)(H,27,36)(H,38,39)(H,40,41)(H2,25,28,31)/b30-12-/t10?,13?,18-/m1/s1. The monoisotopic (exact) mass is 713 g/mol. The summed E-state index contributed by atoms with van der Waals surface area (Å²) in [7, 11) is 0. The lowest BCUT2D eigenvalue weighted by molar-refractivity contribution is -0.150. The summed E-state index contributed by atoms with van der Waals surface area (Å²) < 4.78 is 10.6. The zero-order valence-corrected chi connectivity index (χ0v) is 27.8. The molecule has 3 atom stereocenters. The number of hydrogen-bond acceptors (Lipinski definition) is 17. The van der Waals surface area contributed by atoms with E-state index in [1.165, 1.54) is 35.1 Å². The summed E-state index contributed by atoms with van der Waals surface area (Å²) >= 11 is 3.19. The van der Waals surface area contributed by atoms with Crippen LogP contribution in [0, 0.1) is 0 Å². The van der Waals surface area contributed by atoms with Crippen LogP contribution in [-0.4, -0.2) is 121 Å². The van der Waals surface area contributed by atoms with E-state index in [2.05, 4.69) is 40.7 Å². The Morgan fingerprint density at radius 1 is 1.26 bits per heavy atom. The molecular weight excluding hydrogens is 683 g/mol. The van der Waals surface area contributed by atoms with Crippen molar-refractivity contribution in [3.8, 4) is 0 Å². The second-order valence-electron chi connectivity index (χ2n) is 10.9. The molecule has 4 heterocycles. The number of ether oxygens (including phenoxy) is 1. The summed E-state index contributed by atoms with van der Waals surface area (Å²) in [6, 6.07) is -1.13. The van der Waals surface area contributed by atoms with Crippen molar-refractivity contribution in [3.05, 3.63) is 17.1 Å². The van der Waals surface area contributed by atoms with Crippen molar-refractivity contribution in [1.29, 1.82) is 0 Å². The van der Waals surface area contributed by atoms with Gasteiger partial charge >= 0.3 is 18.0 Å². The third-order valence-electron chi connectivity index (χ3n) is 6.14. The lowest BCUT2D eigenvalue weighted by Gasteiger charge is -2.49. The molecule has 254 valence electrons. The first-order valence-electron chi connectivity index (χ1n) is 13.8. The van der Waals surface area contributed by atoms with Gasteiger partial charge in [0.15, 0.2) is 5.13 Å².